The molecule has 1 saturated heterocycles. The van der Waals surface area contributed by atoms with E-state index in [0.717, 1.165) is 45.6 Å². The molecule has 2 unspecified atom stereocenters. The van der Waals surface area contributed by atoms with Crippen LogP contribution in [0.1, 0.15) is 47.0 Å². The number of carbonyl (C=O) groups is 1. The topological polar surface area (TPSA) is 49.6 Å². The van der Waals surface area contributed by atoms with Crippen LogP contribution in [0.25, 0.3) is 0 Å². The van der Waals surface area contributed by atoms with Gasteiger partial charge in [0.05, 0.1) is 0 Å². The minimum atomic E-state index is 0.329. The molecule has 0 aromatic carbocycles. The van der Waals surface area contributed by atoms with Gasteiger partial charge in [0.1, 0.15) is 0 Å². The molecule has 0 aliphatic carbocycles. The fourth-order valence-corrected chi connectivity index (χ4v) is 3.18. The van der Waals surface area contributed by atoms with E-state index in [-0.39, 0.29) is 0 Å². The van der Waals surface area contributed by atoms with Crippen LogP contribution in [-0.2, 0) is 4.79 Å². The van der Waals surface area contributed by atoms with Crippen molar-refractivity contribution >= 4 is 5.91 Å². The Morgan fingerprint density at radius 2 is 2.00 bits per heavy atom. The number of hydrogen-bond acceptors (Lipinski definition) is 3. The molecule has 4 nitrogen and oxygen atoms in total. The van der Waals surface area contributed by atoms with Gasteiger partial charge in [0.25, 0.3) is 0 Å². The molecule has 2 atom stereocenters. The van der Waals surface area contributed by atoms with Gasteiger partial charge in [0.2, 0.25) is 5.91 Å². The highest BCUT2D eigenvalue weighted by Crippen LogP contribution is 2.21. The third-order valence-corrected chi connectivity index (χ3v) is 4.73. The van der Waals surface area contributed by atoms with Crippen LogP contribution in [-0.4, -0.2) is 54.5 Å². The first-order valence-electron chi connectivity index (χ1n) is 8.21. The maximum absolute atomic E-state index is 12.3. The van der Waals surface area contributed by atoms with Crippen molar-refractivity contribution < 1.29 is 4.79 Å². The quantitative estimate of drug-likeness (QED) is 0.777. The molecule has 0 bridgehead atoms. The van der Waals surface area contributed by atoms with E-state index in [9.17, 15) is 4.79 Å². The standard InChI is InChI=1S/C16H33N3O/c1-5-18-10-11-19(12-14(18)4)16(20)7-6-15(8-9-17)13(2)3/h13-15H,5-12,17H2,1-4H3. The van der Waals surface area contributed by atoms with Gasteiger partial charge in [-0.25, -0.2) is 0 Å². The van der Waals surface area contributed by atoms with Gasteiger partial charge in [-0.05, 0) is 44.7 Å². The Labute approximate surface area is 124 Å². The van der Waals surface area contributed by atoms with E-state index in [1.54, 1.807) is 0 Å². The fourth-order valence-electron chi connectivity index (χ4n) is 3.18. The molecular formula is C16H33N3O. The summed E-state index contributed by atoms with van der Waals surface area (Å²) in [6, 6.07) is 0.489. The molecule has 1 amide bonds. The Bertz CT molecular complexity index is 293. The molecule has 1 aliphatic heterocycles. The van der Waals surface area contributed by atoms with Crippen LogP contribution in [0.5, 0.6) is 0 Å². The SMILES string of the molecule is CCN1CCN(C(=O)CCC(CCN)C(C)C)CC1C. The van der Waals surface area contributed by atoms with E-state index in [0.29, 0.717) is 30.2 Å². The van der Waals surface area contributed by atoms with Crippen molar-refractivity contribution in [3.8, 4) is 0 Å². The predicted molar refractivity (Wildman–Crippen MR) is 84.5 cm³/mol. The van der Waals surface area contributed by atoms with Gasteiger partial charge in [-0.15, -0.1) is 0 Å². The number of amides is 1. The summed E-state index contributed by atoms with van der Waals surface area (Å²) < 4.78 is 0. The lowest BCUT2D eigenvalue weighted by Crippen LogP contribution is -2.53. The first-order valence-corrected chi connectivity index (χ1v) is 8.21. The van der Waals surface area contributed by atoms with E-state index in [1.165, 1.54) is 0 Å². The second kappa shape index (κ2) is 8.63. The number of nitrogens with zero attached hydrogens (tertiary/aromatic N) is 2. The first kappa shape index (κ1) is 17.4. The van der Waals surface area contributed by atoms with Gasteiger partial charge in [-0.1, -0.05) is 20.8 Å². The summed E-state index contributed by atoms with van der Waals surface area (Å²) in [5, 5.41) is 0. The van der Waals surface area contributed by atoms with Gasteiger partial charge in [0, 0.05) is 32.1 Å². The third-order valence-electron chi connectivity index (χ3n) is 4.73. The molecule has 0 saturated carbocycles. The summed E-state index contributed by atoms with van der Waals surface area (Å²) in [4.78, 5) is 16.8. The van der Waals surface area contributed by atoms with E-state index in [1.807, 2.05) is 0 Å². The molecule has 0 aromatic rings. The number of piperazine rings is 1. The summed E-state index contributed by atoms with van der Waals surface area (Å²) >= 11 is 0. The fraction of sp³-hybridized carbons (Fsp3) is 0.938. The van der Waals surface area contributed by atoms with E-state index < -0.39 is 0 Å². The molecule has 4 heteroatoms. The Hall–Kier alpha value is -0.610. The van der Waals surface area contributed by atoms with Gasteiger partial charge < -0.3 is 10.6 Å². The zero-order valence-electron chi connectivity index (χ0n) is 13.8. The Kier molecular flexibility index (Phi) is 7.52. The Morgan fingerprint density at radius 1 is 1.30 bits per heavy atom. The van der Waals surface area contributed by atoms with E-state index in [2.05, 4.69) is 37.5 Å². The molecule has 1 heterocycles. The van der Waals surface area contributed by atoms with Gasteiger partial charge in [0.15, 0.2) is 0 Å². The molecule has 118 valence electrons. The summed E-state index contributed by atoms with van der Waals surface area (Å²) in [5.41, 5.74) is 5.66. The average Bonchev–Trinajstić information content (AvgIpc) is 2.42. The molecular weight excluding hydrogens is 250 g/mol. The zero-order chi connectivity index (χ0) is 15.1. The van der Waals surface area contributed by atoms with Crippen molar-refractivity contribution in [1.82, 2.24) is 9.80 Å². The van der Waals surface area contributed by atoms with Crippen molar-refractivity contribution in [3.63, 3.8) is 0 Å². The number of carbonyl (C=O) groups excluding carboxylic acids is 1. The molecule has 0 aromatic heterocycles. The Morgan fingerprint density at radius 3 is 2.50 bits per heavy atom. The van der Waals surface area contributed by atoms with Crippen molar-refractivity contribution in [2.45, 2.75) is 53.0 Å². The highest BCUT2D eigenvalue weighted by Gasteiger charge is 2.26. The molecule has 1 fully saturated rings. The molecule has 1 rings (SSSR count). The summed E-state index contributed by atoms with van der Waals surface area (Å²) in [6.07, 6.45) is 2.70. The smallest absolute Gasteiger partial charge is 0.222 e. The van der Waals surface area contributed by atoms with Crippen LogP contribution in [0.2, 0.25) is 0 Å². The minimum absolute atomic E-state index is 0.329. The molecule has 1 aliphatic rings. The molecule has 2 N–H and O–H groups in total. The maximum atomic E-state index is 12.3. The van der Waals surface area contributed by atoms with Crippen LogP contribution >= 0.6 is 0 Å². The van der Waals surface area contributed by atoms with Crippen LogP contribution in [0.4, 0.5) is 0 Å². The van der Waals surface area contributed by atoms with Gasteiger partial charge >= 0.3 is 0 Å². The maximum Gasteiger partial charge on any atom is 0.222 e. The van der Waals surface area contributed by atoms with Gasteiger partial charge in [-0.3, -0.25) is 9.69 Å². The summed E-state index contributed by atoms with van der Waals surface area (Å²) in [5.74, 6) is 1.52. The normalized spacial score (nSPS) is 22.3. The van der Waals surface area contributed by atoms with E-state index >= 15 is 0 Å². The number of hydrogen-bond donors (Lipinski definition) is 1. The second-order valence-corrected chi connectivity index (χ2v) is 6.44. The highest BCUT2D eigenvalue weighted by atomic mass is 16.2. The lowest BCUT2D eigenvalue weighted by molar-refractivity contribution is -0.134. The van der Waals surface area contributed by atoms with Crippen LogP contribution in [0, 0.1) is 11.8 Å². The molecule has 20 heavy (non-hydrogen) atoms. The largest absolute Gasteiger partial charge is 0.340 e. The molecule has 0 radical (unpaired) electrons. The monoisotopic (exact) mass is 283 g/mol. The number of nitrogens with two attached hydrogens (primary N) is 1. The average molecular weight is 283 g/mol. The van der Waals surface area contributed by atoms with Crippen molar-refractivity contribution in [2.75, 3.05) is 32.7 Å². The number of likely N-dealkylation sites (N-methyl/N-ethyl adjacent to an activating group) is 1. The second-order valence-electron chi connectivity index (χ2n) is 6.44. The first-order chi connectivity index (χ1) is 9.49. The van der Waals surface area contributed by atoms with Crippen molar-refractivity contribution in [2.24, 2.45) is 17.6 Å². The Balaban J connectivity index is 2.39. The third kappa shape index (κ3) is 5.06. The summed E-state index contributed by atoms with van der Waals surface area (Å²) in [7, 11) is 0. The highest BCUT2D eigenvalue weighted by molar-refractivity contribution is 5.76. The minimum Gasteiger partial charge on any atom is -0.340 e. The molecule has 0 spiro atoms. The predicted octanol–water partition coefficient (Wildman–Crippen LogP) is 1.94. The lowest BCUT2D eigenvalue weighted by Gasteiger charge is -2.39. The zero-order valence-corrected chi connectivity index (χ0v) is 13.8. The number of rotatable bonds is 7. The van der Waals surface area contributed by atoms with E-state index in [4.69, 9.17) is 5.73 Å². The van der Waals surface area contributed by atoms with Crippen LogP contribution < -0.4 is 5.73 Å². The summed E-state index contributed by atoms with van der Waals surface area (Å²) in [6.45, 7) is 13.5. The van der Waals surface area contributed by atoms with Gasteiger partial charge in [-0.2, -0.15) is 0 Å². The van der Waals surface area contributed by atoms with Crippen LogP contribution in [0.3, 0.4) is 0 Å². The van der Waals surface area contributed by atoms with Crippen molar-refractivity contribution in [1.29, 1.82) is 0 Å². The van der Waals surface area contributed by atoms with Crippen molar-refractivity contribution in [3.05, 3.63) is 0 Å². The van der Waals surface area contributed by atoms with Crippen LogP contribution in [0.15, 0.2) is 0 Å². The lowest BCUT2D eigenvalue weighted by atomic mass is 9.88.